The van der Waals surface area contributed by atoms with Crippen molar-refractivity contribution in [3.8, 4) is 67.5 Å². The van der Waals surface area contributed by atoms with Crippen LogP contribution in [0.5, 0.6) is 5.75 Å². The third-order valence-electron chi connectivity index (χ3n) is 12.7. The van der Waals surface area contributed by atoms with Crippen LogP contribution in [-0.2, 0) is 37.3 Å². The van der Waals surface area contributed by atoms with Gasteiger partial charge in [-0.1, -0.05) is 192 Å². The summed E-state index contributed by atoms with van der Waals surface area (Å²) in [5.74, 6) is 1.32. The maximum atomic E-state index is 12.4. The van der Waals surface area contributed by atoms with Crippen molar-refractivity contribution in [1.82, 2.24) is 14.5 Å². The summed E-state index contributed by atoms with van der Waals surface area (Å²) in [5.41, 5.74) is 17.2. The number of hydrogen-bond donors (Lipinski definition) is 1. The fourth-order valence-electron chi connectivity index (χ4n) is 8.62. The second kappa shape index (κ2) is 18.0. The molecule has 0 amide bonds. The van der Waals surface area contributed by atoms with E-state index in [1.54, 1.807) is 0 Å². The first-order chi connectivity index (χ1) is 30.2. The first kappa shape index (κ1) is 47.4. The van der Waals surface area contributed by atoms with E-state index in [-0.39, 0.29) is 54.9 Å². The van der Waals surface area contributed by atoms with Gasteiger partial charge in [-0.25, -0.2) is 4.98 Å². The summed E-state index contributed by atoms with van der Waals surface area (Å²) < 4.78 is 2.31. The van der Waals surface area contributed by atoms with Gasteiger partial charge < -0.3 is 5.11 Å². The summed E-state index contributed by atoms with van der Waals surface area (Å²) in [5, 5.41) is 12.4. The predicted molar refractivity (Wildman–Crippen MR) is 271 cm³/mol. The van der Waals surface area contributed by atoms with Gasteiger partial charge in [0.1, 0.15) is 11.6 Å². The van der Waals surface area contributed by atoms with Gasteiger partial charge in [-0.2, -0.15) is 0 Å². The van der Waals surface area contributed by atoms with Crippen molar-refractivity contribution in [3.05, 3.63) is 167 Å². The smallest absolute Gasteiger partial charge is 0.148 e. The van der Waals surface area contributed by atoms with E-state index in [0.717, 1.165) is 78.0 Å². The molecule has 0 saturated heterocycles. The Morgan fingerprint density at radius 3 is 1.82 bits per heavy atom. The van der Waals surface area contributed by atoms with Gasteiger partial charge >= 0.3 is 0 Å². The summed E-state index contributed by atoms with van der Waals surface area (Å²) in [7, 11) is 0. The predicted octanol–water partition coefficient (Wildman–Crippen LogP) is 16.4. The van der Waals surface area contributed by atoms with Crippen LogP contribution in [0.1, 0.15) is 130 Å². The summed E-state index contributed by atoms with van der Waals surface area (Å²) in [4.78, 5) is 10.6. The van der Waals surface area contributed by atoms with Crippen LogP contribution >= 0.6 is 0 Å². The maximum absolute atomic E-state index is 12.4. The van der Waals surface area contributed by atoms with Gasteiger partial charge in [0.15, 0.2) is 0 Å². The van der Waals surface area contributed by atoms with E-state index in [9.17, 15) is 5.11 Å². The van der Waals surface area contributed by atoms with Crippen molar-refractivity contribution in [2.24, 2.45) is 0 Å². The van der Waals surface area contributed by atoms with Crippen molar-refractivity contribution in [1.29, 1.82) is 0 Å². The van der Waals surface area contributed by atoms with E-state index >= 15 is 0 Å². The summed E-state index contributed by atoms with van der Waals surface area (Å²) in [6, 6.07) is 49.8. The van der Waals surface area contributed by atoms with Crippen LogP contribution < -0.4 is 0 Å². The molecule has 1 N–H and O–H groups in total. The fraction of sp³-hybridized carbons (Fsp3) is 0.300. The van der Waals surface area contributed by atoms with Crippen molar-refractivity contribution < 1.29 is 26.2 Å². The Morgan fingerprint density at radius 2 is 1.18 bits per heavy atom. The number of aromatic hydroxyl groups is 1. The molecular weight excluding hydrogens is 974 g/mol. The molecule has 0 fully saturated rings. The topological polar surface area (TPSA) is 50.9 Å². The van der Waals surface area contributed by atoms with E-state index < -0.39 is 0 Å². The monoisotopic (exact) mass is 1040 g/mol. The maximum Gasteiger partial charge on any atom is 0.148 e. The van der Waals surface area contributed by atoms with Crippen LogP contribution in [0.15, 0.2) is 134 Å². The molecule has 8 aromatic rings. The fourth-order valence-corrected chi connectivity index (χ4v) is 8.62. The van der Waals surface area contributed by atoms with Crippen molar-refractivity contribution >= 4 is 11.0 Å². The molecule has 0 bridgehead atoms. The zero-order chi connectivity index (χ0) is 45.9. The van der Waals surface area contributed by atoms with E-state index in [0.29, 0.717) is 5.82 Å². The molecule has 0 aliphatic rings. The zero-order valence-electron chi connectivity index (χ0n) is 40.5. The molecule has 0 atom stereocenters. The van der Waals surface area contributed by atoms with E-state index in [4.69, 9.17) is 9.97 Å². The molecule has 4 nitrogen and oxygen atoms in total. The van der Waals surface area contributed by atoms with Crippen molar-refractivity contribution in [2.75, 3.05) is 0 Å². The molecule has 0 radical (unpaired) electrons. The number of phenols is 1. The van der Waals surface area contributed by atoms with E-state index in [1.165, 1.54) is 16.7 Å². The van der Waals surface area contributed by atoms with Crippen molar-refractivity contribution in [2.45, 2.75) is 118 Å². The van der Waals surface area contributed by atoms with Gasteiger partial charge in [0.05, 0.1) is 22.3 Å². The minimum atomic E-state index is -0.158. The van der Waals surface area contributed by atoms with E-state index in [1.807, 2.05) is 12.3 Å². The van der Waals surface area contributed by atoms with E-state index in [2.05, 4.69) is 222 Å². The number of imidazole rings is 1. The molecule has 2 aromatic heterocycles. The molecular formula is C60H64N3OPt-. The van der Waals surface area contributed by atoms with Gasteiger partial charge in [0.25, 0.3) is 0 Å². The molecule has 336 valence electrons. The van der Waals surface area contributed by atoms with Gasteiger partial charge in [-0.3, -0.25) is 9.55 Å². The van der Waals surface area contributed by atoms with Gasteiger partial charge in [0, 0.05) is 38.5 Å². The molecule has 0 unspecified atom stereocenters. The largest absolute Gasteiger partial charge is 0.507 e. The molecule has 0 spiro atoms. The number of nitrogens with zero attached hydrogens (tertiary/aromatic N) is 3. The van der Waals surface area contributed by atoms with Crippen LogP contribution in [0, 0.1) is 6.07 Å². The van der Waals surface area contributed by atoms with Crippen LogP contribution in [-0.4, -0.2) is 19.6 Å². The Labute approximate surface area is 402 Å². The Balaban J connectivity index is 0.00000630. The molecule has 6 aromatic carbocycles. The Hall–Kier alpha value is -5.57. The van der Waals surface area contributed by atoms with Gasteiger partial charge in [0.2, 0.25) is 0 Å². The summed E-state index contributed by atoms with van der Waals surface area (Å²) >= 11 is 0. The number of phenolic OH excluding ortho intramolecular Hbond substituents is 1. The quantitative estimate of drug-likeness (QED) is 0.154. The molecule has 0 saturated carbocycles. The number of fused-ring (bicyclic) bond motifs is 1. The SMILES string of the molecule is CC(C)c1cc(-c2nc3c(-c4[c-]c(-c5cc(-c6ccccc6)ccn5)cc(C(C)(C)C)c4)cccc3n2-c2cc(C(C)(C)C)ccc2-c2ccc(C(C)(C)C)cc2)c(O)c(C(C)C)c1.[Pt]. The van der Waals surface area contributed by atoms with Gasteiger partial charge in [-0.05, 0) is 91.3 Å². The molecule has 5 heteroatoms. The average molecular weight is 1040 g/mol. The number of aromatic nitrogens is 3. The van der Waals surface area contributed by atoms with Crippen LogP contribution in [0.2, 0.25) is 0 Å². The third-order valence-corrected chi connectivity index (χ3v) is 12.7. The second-order valence-corrected chi connectivity index (χ2v) is 21.3. The number of hydrogen-bond acceptors (Lipinski definition) is 3. The normalized spacial score (nSPS) is 12.3. The molecule has 8 rings (SSSR count). The Morgan fingerprint density at radius 1 is 0.538 bits per heavy atom. The Bertz CT molecular complexity index is 2990. The summed E-state index contributed by atoms with van der Waals surface area (Å²) in [6.07, 6.45) is 1.90. The summed E-state index contributed by atoms with van der Waals surface area (Å²) in [6.45, 7) is 29.1. The molecule has 2 heterocycles. The number of pyridine rings is 1. The second-order valence-electron chi connectivity index (χ2n) is 21.3. The van der Waals surface area contributed by atoms with Gasteiger partial charge in [-0.15, -0.1) is 29.3 Å². The zero-order valence-corrected chi connectivity index (χ0v) is 42.7. The standard InChI is InChI=1S/C60H64N3O.Pt/c1-37(2)42-33-50(38(3)4)56(64)51(34-42)57-62-55-49(43-30-44(32-47(31-43)60(11,12)13)52-35-41(28-29-61-52)39-18-15-14-16-19-39)20-17-21-53(55)63(57)54-36-46(59(8,9)10)26-27-48(54)40-22-24-45(25-23-40)58(5,6)7;/h14-29,31-38,64H,1-13H3;/q-1;. The Kier molecular flexibility index (Phi) is 13.1. The van der Waals surface area contributed by atoms with Crippen molar-refractivity contribution in [3.63, 3.8) is 0 Å². The van der Waals surface area contributed by atoms with Crippen LogP contribution in [0.3, 0.4) is 0 Å². The van der Waals surface area contributed by atoms with Crippen LogP contribution in [0.4, 0.5) is 0 Å². The number of para-hydroxylation sites is 1. The third kappa shape index (κ3) is 9.57. The minimum absolute atomic E-state index is 0. The first-order valence-electron chi connectivity index (χ1n) is 22.9. The average Bonchev–Trinajstić information content (AvgIpc) is 3.65. The number of benzene rings is 6. The molecule has 0 aliphatic heterocycles. The van der Waals surface area contributed by atoms with Crippen LogP contribution in [0.25, 0.3) is 72.7 Å². The number of rotatable bonds is 8. The first-order valence-corrected chi connectivity index (χ1v) is 22.9. The molecule has 0 aliphatic carbocycles. The minimum Gasteiger partial charge on any atom is -0.507 e. The molecule has 65 heavy (non-hydrogen) atoms.